The standard InChI is InChI=1S/C26H37F2N3O3/c1-16-15-30(25(34)23(29-17(2)32)14-26(3,4)5)11-12-31(16)24(33)21-8-6-7-19(21)20-10-9-18(27)13-22(20)28/h9-10,13,16,19,21,23H,6-8,11-12,14-15H2,1-5H3,(H,29,32)/t16-,19-,21+,23-/m0/s1. The van der Waals surface area contributed by atoms with Crippen LogP contribution in [0, 0.1) is 23.0 Å². The molecular formula is C26H37F2N3O3. The lowest BCUT2D eigenvalue weighted by Crippen LogP contribution is -2.60. The van der Waals surface area contributed by atoms with Crippen LogP contribution < -0.4 is 5.32 Å². The first-order valence-electron chi connectivity index (χ1n) is 12.2. The van der Waals surface area contributed by atoms with Gasteiger partial charge in [-0.15, -0.1) is 0 Å². The summed E-state index contributed by atoms with van der Waals surface area (Å²) in [5.74, 6) is -2.25. The van der Waals surface area contributed by atoms with Gasteiger partial charge in [-0.3, -0.25) is 14.4 Å². The third-order valence-corrected chi connectivity index (χ3v) is 6.91. The Bertz CT molecular complexity index is 930. The minimum absolute atomic E-state index is 0.0288. The number of benzene rings is 1. The zero-order chi connectivity index (χ0) is 25.2. The summed E-state index contributed by atoms with van der Waals surface area (Å²) >= 11 is 0. The lowest BCUT2D eigenvalue weighted by molar-refractivity contribution is -0.147. The second-order valence-corrected chi connectivity index (χ2v) is 11.0. The molecule has 2 fully saturated rings. The SMILES string of the molecule is CC(=O)N[C@@H](CC(C)(C)C)C(=O)N1CCN(C(=O)[C@@H]2CCC[C@H]2c2ccc(F)cc2F)[C@@H](C)C1. The van der Waals surface area contributed by atoms with Crippen molar-refractivity contribution >= 4 is 17.7 Å². The van der Waals surface area contributed by atoms with Crippen molar-refractivity contribution in [2.75, 3.05) is 19.6 Å². The highest BCUT2D eigenvalue weighted by Gasteiger charge is 2.41. The van der Waals surface area contributed by atoms with E-state index in [0.717, 1.165) is 12.5 Å². The number of hydrogen-bond donors (Lipinski definition) is 1. The molecule has 0 spiro atoms. The van der Waals surface area contributed by atoms with E-state index in [-0.39, 0.29) is 41.0 Å². The van der Waals surface area contributed by atoms with Gasteiger partial charge in [0.1, 0.15) is 17.7 Å². The molecule has 1 aromatic carbocycles. The van der Waals surface area contributed by atoms with Crippen LogP contribution >= 0.6 is 0 Å². The Morgan fingerprint density at radius 2 is 1.85 bits per heavy atom. The van der Waals surface area contributed by atoms with Crippen LogP contribution in [0.25, 0.3) is 0 Å². The van der Waals surface area contributed by atoms with Crippen molar-refractivity contribution in [2.45, 2.75) is 78.3 Å². The van der Waals surface area contributed by atoms with E-state index < -0.39 is 17.7 Å². The van der Waals surface area contributed by atoms with Crippen molar-refractivity contribution in [2.24, 2.45) is 11.3 Å². The molecular weight excluding hydrogens is 440 g/mol. The summed E-state index contributed by atoms with van der Waals surface area (Å²) in [4.78, 5) is 41.9. The maximum absolute atomic E-state index is 14.4. The second kappa shape index (κ2) is 10.4. The predicted octanol–water partition coefficient (Wildman–Crippen LogP) is 3.85. The molecule has 34 heavy (non-hydrogen) atoms. The second-order valence-electron chi connectivity index (χ2n) is 11.0. The molecule has 0 aromatic heterocycles. The molecule has 1 saturated heterocycles. The van der Waals surface area contributed by atoms with Gasteiger partial charge in [-0.05, 0) is 49.1 Å². The van der Waals surface area contributed by atoms with Crippen molar-refractivity contribution in [1.29, 1.82) is 0 Å². The molecule has 1 aliphatic carbocycles. The summed E-state index contributed by atoms with van der Waals surface area (Å²) in [6.07, 6.45) is 2.70. The first-order chi connectivity index (χ1) is 15.9. The summed E-state index contributed by atoms with van der Waals surface area (Å²) in [6, 6.07) is 2.78. The van der Waals surface area contributed by atoms with Gasteiger partial charge in [0.25, 0.3) is 0 Å². The van der Waals surface area contributed by atoms with Crippen LogP contribution in [0.5, 0.6) is 0 Å². The van der Waals surface area contributed by atoms with E-state index in [1.54, 1.807) is 9.80 Å². The smallest absolute Gasteiger partial charge is 0.245 e. The van der Waals surface area contributed by atoms with Crippen molar-refractivity contribution in [1.82, 2.24) is 15.1 Å². The Hall–Kier alpha value is -2.51. The third-order valence-electron chi connectivity index (χ3n) is 6.91. The number of halogens is 2. The lowest BCUT2D eigenvalue weighted by Gasteiger charge is -2.43. The number of carbonyl (C=O) groups excluding carboxylic acids is 3. The fourth-order valence-corrected chi connectivity index (χ4v) is 5.41. The summed E-state index contributed by atoms with van der Waals surface area (Å²) in [6.45, 7) is 10.6. The fraction of sp³-hybridized carbons (Fsp3) is 0.654. The first-order valence-corrected chi connectivity index (χ1v) is 12.2. The molecule has 1 N–H and O–H groups in total. The Balaban J connectivity index is 1.69. The lowest BCUT2D eigenvalue weighted by atomic mass is 9.86. The Kier molecular flexibility index (Phi) is 7.98. The van der Waals surface area contributed by atoms with E-state index in [9.17, 15) is 23.2 Å². The molecule has 1 aliphatic heterocycles. The van der Waals surface area contributed by atoms with Gasteiger partial charge in [-0.25, -0.2) is 8.78 Å². The van der Waals surface area contributed by atoms with E-state index in [1.807, 2.05) is 27.7 Å². The molecule has 1 saturated carbocycles. The Morgan fingerprint density at radius 3 is 2.44 bits per heavy atom. The molecule has 3 amide bonds. The molecule has 0 radical (unpaired) electrons. The van der Waals surface area contributed by atoms with Gasteiger partial charge >= 0.3 is 0 Å². The zero-order valence-electron chi connectivity index (χ0n) is 20.9. The number of piperazine rings is 1. The van der Waals surface area contributed by atoms with Crippen LogP contribution in [0.2, 0.25) is 0 Å². The molecule has 4 atom stereocenters. The number of nitrogens with one attached hydrogen (secondary N) is 1. The predicted molar refractivity (Wildman–Crippen MR) is 126 cm³/mol. The van der Waals surface area contributed by atoms with Crippen LogP contribution in [0.4, 0.5) is 8.78 Å². The van der Waals surface area contributed by atoms with Gasteiger partial charge in [-0.2, -0.15) is 0 Å². The number of rotatable bonds is 5. The van der Waals surface area contributed by atoms with Crippen molar-refractivity contribution in [3.8, 4) is 0 Å². The Morgan fingerprint density at radius 1 is 1.15 bits per heavy atom. The quantitative estimate of drug-likeness (QED) is 0.701. The van der Waals surface area contributed by atoms with E-state index in [2.05, 4.69) is 5.32 Å². The first kappa shape index (κ1) is 26.1. The van der Waals surface area contributed by atoms with E-state index >= 15 is 0 Å². The van der Waals surface area contributed by atoms with Crippen LogP contribution in [-0.4, -0.2) is 59.2 Å². The molecule has 3 rings (SSSR count). The van der Waals surface area contributed by atoms with Crippen molar-refractivity contribution in [3.05, 3.63) is 35.4 Å². The van der Waals surface area contributed by atoms with Gasteiger partial charge < -0.3 is 15.1 Å². The summed E-state index contributed by atoms with van der Waals surface area (Å²) in [7, 11) is 0. The van der Waals surface area contributed by atoms with E-state index in [0.29, 0.717) is 44.5 Å². The van der Waals surface area contributed by atoms with Crippen LogP contribution in [-0.2, 0) is 14.4 Å². The highest BCUT2D eigenvalue weighted by atomic mass is 19.1. The molecule has 6 nitrogen and oxygen atoms in total. The van der Waals surface area contributed by atoms with Gasteiger partial charge in [0.05, 0.1) is 0 Å². The highest BCUT2D eigenvalue weighted by molar-refractivity contribution is 5.87. The molecule has 1 heterocycles. The maximum Gasteiger partial charge on any atom is 0.245 e. The average molecular weight is 478 g/mol. The van der Waals surface area contributed by atoms with Crippen molar-refractivity contribution < 1.29 is 23.2 Å². The summed E-state index contributed by atoms with van der Waals surface area (Å²) in [5, 5.41) is 2.79. The van der Waals surface area contributed by atoms with Gasteiger partial charge in [0.2, 0.25) is 17.7 Å². The molecule has 188 valence electrons. The van der Waals surface area contributed by atoms with Crippen LogP contribution in [0.1, 0.15) is 71.8 Å². The van der Waals surface area contributed by atoms with Crippen molar-refractivity contribution in [3.63, 3.8) is 0 Å². The number of nitrogens with zero attached hydrogens (tertiary/aromatic N) is 2. The van der Waals surface area contributed by atoms with Crippen LogP contribution in [0.15, 0.2) is 18.2 Å². The minimum Gasteiger partial charge on any atom is -0.345 e. The number of hydrogen-bond acceptors (Lipinski definition) is 3. The summed E-state index contributed by atoms with van der Waals surface area (Å²) < 4.78 is 27.8. The van der Waals surface area contributed by atoms with Gasteiger partial charge in [0, 0.05) is 44.6 Å². The van der Waals surface area contributed by atoms with E-state index in [4.69, 9.17) is 0 Å². The zero-order valence-corrected chi connectivity index (χ0v) is 20.9. The van der Waals surface area contributed by atoms with Gasteiger partial charge in [-0.1, -0.05) is 33.3 Å². The molecule has 0 bridgehead atoms. The minimum atomic E-state index is -0.624. The monoisotopic (exact) mass is 477 g/mol. The molecule has 1 aromatic rings. The average Bonchev–Trinajstić information content (AvgIpc) is 3.20. The molecule has 8 heteroatoms. The van der Waals surface area contributed by atoms with Gasteiger partial charge in [0.15, 0.2) is 0 Å². The third kappa shape index (κ3) is 6.13. The molecule has 2 aliphatic rings. The van der Waals surface area contributed by atoms with Crippen LogP contribution in [0.3, 0.4) is 0 Å². The normalized spacial score (nSPS) is 24.1. The maximum atomic E-state index is 14.4. The fourth-order valence-electron chi connectivity index (χ4n) is 5.41. The molecule has 0 unspecified atom stereocenters. The topological polar surface area (TPSA) is 69.7 Å². The summed E-state index contributed by atoms with van der Waals surface area (Å²) in [5.41, 5.74) is 0.262. The number of amides is 3. The number of carbonyl (C=O) groups is 3. The largest absolute Gasteiger partial charge is 0.345 e. The Labute approximate surface area is 201 Å². The highest BCUT2D eigenvalue weighted by Crippen LogP contribution is 2.42. The van der Waals surface area contributed by atoms with E-state index in [1.165, 1.54) is 19.1 Å².